The molecule has 5 heteroatoms. The molecule has 0 aromatic heterocycles. The van der Waals surface area contributed by atoms with Crippen molar-refractivity contribution in [2.24, 2.45) is 0 Å². The molecule has 0 spiro atoms. The molecule has 1 heterocycles. The number of hydrogen-bond donors (Lipinski definition) is 0. The zero-order valence-corrected chi connectivity index (χ0v) is 11.7. The number of carbonyl (C=O) groups is 2. The number of alkyl halides is 1. The van der Waals surface area contributed by atoms with E-state index in [1.165, 1.54) is 0 Å². The highest BCUT2D eigenvalue weighted by Gasteiger charge is 2.25. The van der Waals surface area contributed by atoms with E-state index < -0.39 is 0 Å². The summed E-state index contributed by atoms with van der Waals surface area (Å²) in [6.07, 6.45) is 0.444. The topological polar surface area (TPSA) is 46.6 Å². The van der Waals surface area contributed by atoms with Crippen molar-refractivity contribution in [3.05, 3.63) is 23.8 Å². The van der Waals surface area contributed by atoms with E-state index in [9.17, 15) is 9.59 Å². The standard InChI is InChI=1S/C13H14BrNO3/c1-2-15-10-7-9(11(16)5-6-14)3-4-12(10)18-8-13(15)17/h3-4,7H,2,5-6,8H2,1H3. The van der Waals surface area contributed by atoms with Crippen LogP contribution in [0.1, 0.15) is 23.7 Å². The SMILES string of the molecule is CCN1C(=O)COc2ccc(C(=O)CCBr)cc21. The summed E-state index contributed by atoms with van der Waals surface area (Å²) in [5.74, 6) is 0.644. The van der Waals surface area contributed by atoms with Gasteiger partial charge in [-0.2, -0.15) is 0 Å². The Kier molecular flexibility index (Phi) is 4.01. The van der Waals surface area contributed by atoms with Crippen LogP contribution >= 0.6 is 15.9 Å². The van der Waals surface area contributed by atoms with Crippen molar-refractivity contribution < 1.29 is 14.3 Å². The molecule has 1 aliphatic heterocycles. The first kappa shape index (κ1) is 13.1. The maximum atomic E-state index is 11.8. The lowest BCUT2D eigenvalue weighted by Crippen LogP contribution is -2.38. The summed E-state index contributed by atoms with van der Waals surface area (Å²) in [6, 6.07) is 5.24. The molecule has 1 aliphatic rings. The Morgan fingerprint density at radius 2 is 2.28 bits per heavy atom. The van der Waals surface area contributed by atoms with Crippen molar-refractivity contribution in [3.8, 4) is 5.75 Å². The molecule has 0 saturated heterocycles. The molecule has 0 fully saturated rings. The molecule has 0 unspecified atom stereocenters. The molecule has 0 radical (unpaired) electrons. The molecule has 2 rings (SSSR count). The zero-order valence-electron chi connectivity index (χ0n) is 10.1. The number of fused-ring (bicyclic) bond motifs is 1. The molecule has 1 aromatic carbocycles. The Bertz CT molecular complexity index is 487. The van der Waals surface area contributed by atoms with Gasteiger partial charge in [0.25, 0.3) is 5.91 Å². The first-order chi connectivity index (χ1) is 8.67. The Morgan fingerprint density at radius 3 is 2.94 bits per heavy atom. The lowest BCUT2D eigenvalue weighted by molar-refractivity contribution is -0.121. The summed E-state index contributed by atoms with van der Waals surface area (Å²) in [7, 11) is 0. The number of carbonyl (C=O) groups excluding carboxylic acids is 2. The van der Waals surface area contributed by atoms with Gasteiger partial charge in [0.1, 0.15) is 5.75 Å². The smallest absolute Gasteiger partial charge is 0.265 e. The van der Waals surface area contributed by atoms with E-state index in [0.29, 0.717) is 35.3 Å². The molecule has 0 saturated carbocycles. The number of ketones is 1. The van der Waals surface area contributed by atoms with E-state index in [2.05, 4.69) is 15.9 Å². The summed E-state index contributed by atoms with van der Waals surface area (Å²) in [4.78, 5) is 25.2. The highest BCUT2D eigenvalue weighted by atomic mass is 79.9. The number of rotatable bonds is 4. The van der Waals surface area contributed by atoms with Crippen LogP contribution in [0, 0.1) is 0 Å². The quantitative estimate of drug-likeness (QED) is 0.633. The van der Waals surface area contributed by atoms with Gasteiger partial charge in [-0.05, 0) is 25.1 Å². The monoisotopic (exact) mass is 311 g/mol. The van der Waals surface area contributed by atoms with Crippen LogP contribution in [-0.4, -0.2) is 30.2 Å². The van der Waals surface area contributed by atoms with Gasteiger partial charge in [-0.3, -0.25) is 9.59 Å². The Morgan fingerprint density at radius 1 is 1.50 bits per heavy atom. The van der Waals surface area contributed by atoms with Crippen LogP contribution in [0.5, 0.6) is 5.75 Å². The van der Waals surface area contributed by atoms with Crippen molar-refractivity contribution in [1.29, 1.82) is 0 Å². The Hall–Kier alpha value is -1.36. The summed E-state index contributed by atoms with van der Waals surface area (Å²) in [5.41, 5.74) is 1.30. The number of anilines is 1. The highest BCUT2D eigenvalue weighted by molar-refractivity contribution is 9.09. The third-order valence-corrected chi connectivity index (χ3v) is 3.26. The lowest BCUT2D eigenvalue weighted by atomic mass is 10.1. The molecule has 4 nitrogen and oxygen atoms in total. The van der Waals surface area contributed by atoms with Crippen LogP contribution in [0.25, 0.3) is 0 Å². The summed E-state index contributed by atoms with van der Waals surface area (Å²) in [6.45, 7) is 2.54. The molecular formula is C13H14BrNO3. The molecule has 0 aliphatic carbocycles. The fourth-order valence-electron chi connectivity index (χ4n) is 1.95. The van der Waals surface area contributed by atoms with Gasteiger partial charge in [0.05, 0.1) is 5.69 Å². The van der Waals surface area contributed by atoms with Gasteiger partial charge in [-0.25, -0.2) is 0 Å². The van der Waals surface area contributed by atoms with Gasteiger partial charge in [-0.1, -0.05) is 15.9 Å². The van der Waals surface area contributed by atoms with Crippen LogP contribution < -0.4 is 9.64 Å². The fourth-order valence-corrected chi connectivity index (χ4v) is 2.31. The summed E-state index contributed by atoms with van der Waals surface area (Å²) in [5, 5.41) is 0.635. The van der Waals surface area contributed by atoms with Crippen molar-refractivity contribution in [1.82, 2.24) is 0 Å². The average molecular weight is 312 g/mol. The second-order valence-corrected chi connectivity index (χ2v) is 4.76. The van der Waals surface area contributed by atoms with Crippen molar-refractivity contribution in [3.63, 3.8) is 0 Å². The van der Waals surface area contributed by atoms with E-state index in [4.69, 9.17) is 4.74 Å². The molecule has 1 aromatic rings. The number of amides is 1. The number of likely N-dealkylation sites (N-methyl/N-ethyl adjacent to an activating group) is 1. The van der Waals surface area contributed by atoms with Crippen molar-refractivity contribution in [2.45, 2.75) is 13.3 Å². The molecule has 96 valence electrons. The third kappa shape index (κ3) is 2.41. The number of benzene rings is 1. The normalized spacial score (nSPS) is 14.1. The maximum Gasteiger partial charge on any atom is 0.265 e. The largest absolute Gasteiger partial charge is 0.482 e. The summed E-state index contributed by atoms with van der Waals surface area (Å²) >= 11 is 3.25. The van der Waals surface area contributed by atoms with Gasteiger partial charge in [0.15, 0.2) is 12.4 Å². The summed E-state index contributed by atoms with van der Waals surface area (Å²) < 4.78 is 5.35. The first-order valence-corrected chi connectivity index (χ1v) is 6.96. The Balaban J connectivity index is 2.37. The minimum Gasteiger partial charge on any atom is -0.482 e. The van der Waals surface area contributed by atoms with Crippen LogP contribution in [0.15, 0.2) is 18.2 Å². The highest BCUT2D eigenvalue weighted by Crippen LogP contribution is 2.33. The minimum atomic E-state index is -0.0740. The van der Waals surface area contributed by atoms with Crippen LogP contribution in [0.2, 0.25) is 0 Å². The van der Waals surface area contributed by atoms with Gasteiger partial charge >= 0.3 is 0 Å². The Labute approximate surface area is 114 Å². The predicted molar refractivity (Wildman–Crippen MR) is 72.7 cm³/mol. The van der Waals surface area contributed by atoms with Gasteiger partial charge in [0, 0.05) is 23.9 Å². The number of halogens is 1. The van der Waals surface area contributed by atoms with Gasteiger partial charge in [0.2, 0.25) is 0 Å². The predicted octanol–water partition coefficient (Wildman–Crippen LogP) is 2.40. The zero-order chi connectivity index (χ0) is 13.1. The lowest BCUT2D eigenvalue weighted by Gasteiger charge is -2.28. The van der Waals surface area contributed by atoms with Crippen LogP contribution in [0.4, 0.5) is 5.69 Å². The minimum absolute atomic E-state index is 0.0590. The number of hydrogen-bond acceptors (Lipinski definition) is 3. The molecule has 0 bridgehead atoms. The van der Waals surface area contributed by atoms with Crippen molar-refractivity contribution >= 4 is 33.3 Å². The maximum absolute atomic E-state index is 11.8. The van der Waals surface area contributed by atoms with Crippen LogP contribution in [0.3, 0.4) is 0 Å². The van der Waals surface area contributed by atoms with Gasteiger partial charge in [-0.15, -0.1) is 0 Å². The number of ether oxygens (including phenoxy) is 1. The number of Topliss-reactive ketones (excluding diaryl/α,β-unsaturated/α-hetero) is 1. The van der Waals surface area contributed by atoms with E-state index >= 15 is 0 Å². The average Bonchev–Trinajstić information content (AvgIpc) is 2.38. The van der Waals surface area contributed by atoms with E-state index in [0.717, 1.165) is 0 Å². The second kappa shape index (κ2) is 5.52. The fraction of sp³-hybridized carbons (Fsp3) is 0.385. The third-order valence-electron chi connectivity index (χ3n) is 2.86. The molecule has 18 heavy (non-hydrogen) atoms. The molecule has 0 N–H and O–H groups in total. The first-order valence-electron chi connectivity index (χ1n) is 5.83. The molecular weight excluding hydrogens is 298 g/mol. The number of nitrogens with zero attached hydrogens (tertiary/aromatic N) is 1. The van der Waals surface area contributed by atoms with E-state index in [1.807, 2.05) is 6.92 Å². The van der Waals surface area contributed by atoms with E-state index in [-0.39, 0.29) is 18.3 Å². The molecule has 0 atom stereocenters. The second-order valence-electron chi connectivity index (χ2n) is 3.97. The van der Waals surface area contributed by atoms with Gasteiger partial charge < -0.3 is 9.64 Å². The van der Waals surface area contributed by atoms with E-state index in [1.54, 1.807) is 23.1 Å². The van der Waals surface area contributed by atoms with Crippen molar-refractivity contribution in [2.75, 3.05) is 23.4 Å². The molecule has 1 amide bonds. The van der Waals surface area contributed by atoms with Crippen LogP contribution in [-0.2, 0) is 4.79 Å².